The Morgan fingerprint density at radius 1 is 1.10 bits per heavy atom. The highest BCUT2D eigenvalue weighted by atomic mass is 19.1. The first-order valence-electron chi connectivity index (χ1n) is 6.56. The van der Waals surface area contributed by atoms with Gasteiger partial charge in [-0.15, -0.1) is 0 Å². The van der Waals surface area contributed by atoms with Gasteiger partial charge >= 0.3 is 0 Å². The second kappa shape index (κ2) is 7.40. The molecule has 0 aliphatic carbocycles. The van der Waals surface area contributed by atoms with Crippen molar-refractivity contribution in [3.8, 4) is 5.75 Å². The molecule has 0 atom stereocenters. The van der Waals surface area contributed by atoms with Gasteiger partial charge in [0.25, 0.3) is 0 Å². The molecule has 0 unspecified atom stereocenters. The Hall–Kier alpha value is -2.40. The molecule has 0 aromatic heterocycles. The minimum atomic E-state index is -0.328. The predicted molar refractivity (Wildman–Crippen MR) is 79.7 cm³/mol. The molecule has 2 rings (SSSR count). The Morgan fingerprint density at radius 2 is 1.76 bits per heavy atom. The van der Waals surface area contributed by atoms with Gasteiger partial charge in [-0.2, -0.15) is 0 Å². The molecule has 1 amide bonds. The summed E-state index contributed by atoms with van der Waals surface area (Å²) in [7, 11) is 1.62. The van der Waals surface area contributed by atoms with Crippen LogP contribution in [-0.2, 0) is 11.3 Å². The standard InChI is InChI=1S/C16H17FN2O2/c1-21-15-8-2-12(3-9-15)10-18-11-16(20)19-14-6-4-13(17)5-7-14/h2-9,18H,10-11H2,1H3,(H,19,20). The molecule has 0 radical (unpaired) electrons. The zero-order valence-electron chi connectivity index (χ0n) is 11.7. The minimum absolute atomic E-state index is 0.171. The average molecular weight is 288 g/mol. The number of nitrogens with one attached hydrogen (secondary N) is 2. The number of carbonyl (C=O) groups excluding carboxylic acids is 1. The lowest BCUT2D eigenvalue weighted by Crippen LogP contribution is -2.27. The molecule has 0 saturated carbocycles. The van der Waals surface area contributed by atoms with Gasteiger partial charge in [-0.1, -0.05) is 12.1 Å². The first kappa shape index (κ1) is 15.0. The fourth-order valence-corrected chi connectivity index (χ4v) is 1.80. The Morgan fingerprint density at radius 3 is 2.38 bits per heavy atom. The second-order valence-electron chi connectivity index (χ2n) is 4.51. The van der Waals surface area contributed by atoms with E-state index in [4.69, 9.17) is 4.74 Å². The Labute approximate surface area is 122 Å². The van der Waals surface area contributed by atoms with E-state index in [2.05, 4.69) is 10.6 Å². The first-order chi connectivity index (χ1) is 10.2. The molecule has 21 heavy (non-hydrogen) atoms. The number of methoxy groups -OCH3 is 1. The number of hydrogen-bond donors (Lipinski definition) is 2. The van der Waals surface area contributed by atoms with Crippen LogP contribution in [0.4, 0.5) is 10.1 Å². The zero-order valence-corrected chi connectivity index (χ0v) is 11.7. The summed E-state index contributed by atoms with van der Waals surface area (Å²) in [6.45, 7) is 0.768. The summed E-state index contributed by atoms with van der Waals surface area (Å²) in [4.78, 5) is 11.7. The lowest BCUT2D eigenvalue weighted by atomic mass is 10.2. The van der Waals surface area contributed by atoms with Crippen LogP contribution in [0.15, 0.2) is 48.5 Å². The summed E-state index contributed by atoms with van der Waals surface area (Å²) in [6.07, 6.45) is 0. The third-order valence-corrected chi connectivity index (χ3v) is 2.90. The molecule has 2 N–H and O–H groups in total. The highest BCUT2D eigenvalue weighted by molar-refractivity contribution is 5.92. The molecule has 2 aromatic rings. The molecule has 0 spiro atoms. The molecule has 4 nitrogen and oxygen atoms in total. The van der Waals surface area contributed by atoms with E-state index in [0.29, 0.717) is 12.2 Å². The summed E-state index contributed by atoms with van der Waals surface area (Å²) in [5.41, 5.74) is 1.64. The van der Waals surface area contributed by atoms with Gasteiger partial charge in [0.05, 0.1) is 13.7 Å². The first-order valence-corrected chi connectivity index (χ1v) is 6.56. The average Bonchev–Trinajstić information content (AvgIpc) is 2.50. The van der Waals surface area contributed by atoms with Crippen molar-refractivity contribution in [3.05, 3.63) is 59.9 Å². The van der Waals surface area contributed by atoms with Crippen LogP contribution in [0.5, 0.6) is 5.75 Å². The van der Waals surface area contributed by atoms with Gasteiger partial charge in [-0.25, -0.2) is 4.39 Å². The van der Waals surface area contributed by atoms with Crippen molar-refractivity contribution >= 4 is 11.6 Å². The van der Waals surface area contributed by atoms with Crippen LogP contribution in [-0.4, -0.2) is 19.6 Å². The van der Waals surface area contributed by atoms with Crippen molar-refractivity contribution in [2.24, 2.45) is 0 Å². The number of halogens is 1. The van der Waals surface area contributed by atoms with Gasteiger partial charge in [0, 0.05) is 12.2 Å². The molecule has 0 heterocycles. The molecule has 0 bridgehead atoms. The summed E-state index contributed by atoms with van der Waals surface area (Å²) in [5.74, 6) is 0.300. The van der Waals surface area contributed by atoms with Gasteiger partial charge in [-0.05, 0) is 42.0 Å². The Kier molecular flexibility index (Phi) is 5.29. The molecule has 0 aliphatic rings. The maximum atomic E-state index is 12.7. The topological polar surface area (TPSA) is 50.4 Å². The summed E-state index contributed by atoms with van der Waals surface area (Å²) >= 11 is 0. The van der Waals surface area contributed by atoms with Crippen molar-refractivity contribution in [3.63, 3.8) is 0 Å². The highest BCUT2D eigenvalue weighted by Crippen LogP contribution is 2.11. The molecule has 0 saturated heterocycles. The van der Waals surface area contributed by atoms with Crippen LogP contribution in [0.2, 0.25) is 0 Å². The molecule has 5 heteroatoms. The van der Waals surface area contributed by atoms with Gasteiger partial charge in [0.15, 0.2) is 0 Å². The van der Waals surface area contributed by atoms with Crippen LogP contribution in [0.25, 0.3) is 0 Å². The number of carbonyl (C=O) groups is 1. The van der Waals surface area contributed by atoms with Crippen molar-refractivity contribution in [2.45, 2.75) is 6.54 Å². The molecular weight excluding hydrogens is 271 g/mol. The summed E-state index contributed by atoms with van der Waals surface area (Å²) in [6, 6.07) is 13.3. The number of rotatable bonds is 6. The maximum Gasteiger partial charge on any atom is 0.238 e. The largest absolute Gasteiger partial charge is 0.497 e. The normalized spacial score (nSPS) is 10.2. The second-order valence-corrected chi connectivity index (χ2v) is 4.51. The van der Waals surface area contributed by atoms with E-state index in [-0.39, 0.29) is 18.3 Å². The van der Waals surface area contributed by atoms with Crippen LogP contribution < -0.4 is 15.4 Å². The highest BCUT2D eigenvalue weighted by Gasteiger charge is 2.02. The third kappa shape index (κ3) is 4.89. The molecule has 0 aliphatic heterocycles. The van der Waals surface area contributed by atoms with E-state index in [0.717, 1.165) is 11.3 Å². The fourth-order valence-electron chi connectivity index (χ4n) is 1.80. The van der Waals surface area contributed by atoms with E-state index in [1.165, 1.54) is 24.3 Å². The third-order valence-electron chi connectivity index (χ3n) is 2.90. The monoisotopic (exact) mass is 288 g/mol. The summed E-state index contributed by atoms with van der Waals surface area (Å²) in [5, 5.41) is 5.73. The van der Waals surface area contributed by atoms with Crippen LogP contribution in [0.1, 0.15) is 5.56 Å². The van der Waals surface area contributed by atoms with E-state index in [1.807, 2.05) is 24.3 Å². The summed E-state index contributed by atoms with van der Waals surface area (Å²) < 4.78 is 17.8. The minimum Gasteiger partial charge on any atom is -0.497 e. The van der Waals surface area contributed by atoms with Crippen molar-refractivity contribution in [1.82, 2.24) is 5.32 Å². The van der Waals surface area contributed by atoms with E-state index in [9.17, 15) is 9.18 Å². The Bertz CT molecular complexity index is 582. The quantitative estimate of drug-likeness (QED) is 0.859. The molecule has 110 valence electrons. The Balaban J connectivity index is 1.74. The molecule has 2 aromatic carbocycles. The number of hydrogen-bond acceptors (Lipinski definition) is 3. The maximum absolute atomic E-state index is 12.7. The number of anilines is 1. The lowest BCUT2D eigenvalue weighted by Gasteiger charge is -2.07. The van der Waals surface area contributed by atoms with Crippen LogP contribution in [0.3, 0.4) is 0 Å². The number of benzene rings is 2. The van der Waals surface area contributed by atoms with Crippen LogP contribution in [0, 0.1) is 5.82 Å². The lowest BCUT2D eigenvalue weighted by molar-refractivity contribution is -0.115. The van der Waals surface area contributed by atoms with E-state index < -0.39 is 0 Å². The molecule has 0 fully saturated rings. The zero-order chi connectivity index (χ0) is 15.1. The van der Waals surface area contributed by atoms with Gasteiger partial charge in [-0.3, -0.25) is 4.79 Å². The van der Waals surface area contributed by atoms with Gasteiger partial charge in [0.1, 0.15) is 11.6 Å². The SMILES string of the molecule is COc1ccc(CNCC(=O)Nc2ccc(F)cc2)cc1. The van der Waals surface area contributed by atoms with Gasteiger partial charge < -0.3 is 15.4 Å². The smallest absolute Gasteiger partial charge is 0.238 e. The van der Waals surface area contributed by atoms with Gasteiger partial charge in [0.2, 0.25) is 5.91 Å². The molecular formula is C16H17FN2O2. The van der Waals surface area contributed by atoms with E-state index >= 15 is 0 Å². The van der Waals surface area contributed by atoms with Crippen molar-refractivity contribution in [2.75, 3.05) is 19.0 Å². The van der Waals surface area contributed by atoms with Crippen molar-refractivity contribution < 1.29 is 13.9 Å². The van der Waals surface area contributed by atoms with Crippen molar-refractivity contribution in [1.29, 1.82) is 0 Å². The van der Waals surface area contributed by atoms with Crippen LogP contribution >= 0.6 is 0 Å². The number of ether oxygens (including phenoxy) is 1. The van der Waals surface area contributed by atoms with E-state index in [1.54, 1.807) is 7.11 Å². The predicted octanol–water partition coefficient (Wildman–Crippen LogP) is 2.56. The fraction of sp³-hybridized carbons (Fsp3) is 0.188. The number of amides is 1.